The topological polar surface area (TPSA) is 59.6 Å². The van der Waals surface area contributed by atoms with E-state index < -0.39 is 0 Å². The van der Waals surface area contributed by atoms with Gasteiger partial charge in [-0.3, -0.25) is 0 Å². The first-order valence-electron chi connectivity index (χ1n) is 6.73. The van der Waals surface area contributed by atoms with Crippen LogP contribution in [0.5, 0.6) is 11.5 Å². The summed E-state index contributed by atoms with van der Waals surface area (Å²) in [5, 5.41) is 6.24. The molecule has 0 radical (unpaired) electrons. The van der Waals surface area contributed by atoms with E-state index in [-0.39, 0.29) is 6.03 Å². The van der Waals surface area contributed by atoms with Crippen LogP contribution in [0.1, 0.15) is 5.56 Å². The number of halogens is 2. The van der Waals surface area contributed by atoms with E-state index in [4.69, 9.17) is 32.7 Å². The minimum absolute atomic E-state index is 0.320. The molecule has 5 nitrogen and oxygen atoms in total. The first-order valence-corrected chi connectivity index (χ1v) is 7.49. The molecular formula is C16H16Cl2N2O3. The molecule has 2 rings (SSSR count). The molecule has 0 aliphatic rings. The summed E-state index contributed by atoms with van der Waals surface area (Å²) < 4.78 is 10.4. The average Bonchev–Trinajstić information content (AvgIpc) is 2.56. The first-order chi connectivity index (χ1) is 11.0. The van der Waals surface area contributed by atoms with Crippen molar-refractivity contribution in [1.29, 1.82) is 0 Å². The maximum Gasteiger partial charge on any atom is 0.319 e. The highest BCUT2D eigenvalue weighted by Crippen LogP contribution is 2.25. The summed E-state index contributed by atoms with van der Waals surface area (Å²) in [6.07, 6.45) is 0. The Bertz CT molecular complexity index is 685. The molecule has 2 aromatic carbocycles. The van der Waals surface area contributed by atoms with Crippen molar-refractivity contribution in [3.63, 3.8) is 0 Å². The van der Waals surface area contributed by atoms with E-state index in [0.29, 0.717) is 33.8 Å². The van der Waals surface area contributed by atoms with Crippen LogP contribution in [0.2, 0.25) is 10.0 Å². The smallest absolute Gasteiger partial charge is 0.319 e. The molecule has 0 aromatic heterocycles. The molecule has 0 aliphatic heterocycles. The van der Waals surface area contributed by atoms with Gasteiger partial charge in [0.1, 0.15) is 11.5 Å². The molecule has 0 bridgehead atoms. The lowest BCUT2D eigenvalue weighted by Crippen LogP contribution is -2.28. The second kappa shape index (κ2) is 7.94. The molecule has 0 unspecified atom stereocenters. The standard InChI is InChI=1S/C16H16Cl2N2O3/c1-22-12-5-10(6-13(8-12)23-2)9-19-16(21)20-11-3-4-14(17)15(18)7-11/h3-8H,9H2,1-2H3,(H2,19,20,21). The molecule has 7 heteroatoms. The zero-order chi connectivity index (χ0) is 16.8. The second-order valence-corrected chi connectivity index (χ2v) is 5.47. The fourth-order valence-electron chi connectivity index (χ4n) is 1.90. The summed E-state index contributed by atoms with van der Waals surface area (Å²) in [5.41, 5.74) is 1.41. The van der Waals surface area contributed by atoms with E-state index in [1.807, 2.05) is 12.1 Å². The van der Waals surface area contributed by atoms with Gasteiger partial charge in [0.15, 0.2) is 0 Å². The van der Waals surface area contributed by atoms with Gasteiger partial charge in [-0.15, -0.1) is 0 Å². The van der Waals surface area contributed by atoms with Crippen molar-refractivity contribution in [2.45, 2.75) is 6.54 Å². The van der Waals surface area contributed by atoms with Gasteiger partial charge >= 0.3 is 6.03 Å². The van der Waals surface area contributed by atoms with Gasteiger partial charge in [-0.1, -0.05) is 23.2 Å². The van der Waals surface area contributed by atoms with E-state index in [0.717, 1.165) is 5.56 Å². The Morgan fingerprint density at radius 1 is 1.00 bits per heavy atom. The number of hydrogen-bond acceptors (Lipinski definition) is 3. The Morgan fingerprint density at radius 2 is 1.65 bits per heavy atom. The predicted octanol–water partition coefficient (Wildman–Crippen LogP) is 4.33. The number of urea groups is 1. The maximum atomic E-state index is 11.9. The van der Waals surface area contributed by atoms with E-state index in [1.54, 1.807) is 38.5 Å². The molecule has 2 aromatic rings. The Hall–Kier alpha value is -2.11. The van der Waals surface area contributed by atoms with Crippen LogP contribution in [0.25, 0.3) is 0 Å². The number of nitrogens with one attached hydrogen (secondary N) is 2. The summed E-state index contributed by atoms with van der Waals surface area (Å²) in [7, 11) is 3.14. The van der Waals surface area contributed by atoms with Crippen LogP contribution in [0.15, 0.2) is 36.4 Å². The lowest BCUT2D eigenvalue weighted by Gasteiger charge is -2.11. The van der Waals surface area contributed by atoms with Crippen molar-refractivity contribution in [2.75, 3.05) is 19.5 Å². The third kappa shape index (κ3) is 4.94. The summed E-state index contributed by atoms with van der Waals surface area (Å²) in [5.74, 6) is 1.32. The lowest BCUT2D eigenvalue weighted by molar-refractivity contribution is 0.251. The Kier molecular flexibility index (Phi) is 5.96. The van der Waals surface area contributed by atoms with Gasteiger partial charge in [0.2, 0.25) is 0 Å². The van der Waals surface area contributed by atoms with Crippen molar-refractivity contribution < 1.29 is 14.3 Å². The van der Waals surface area contributed by atoms with Gasteiger partial charge in [0, 0.05) is 18.3 Å². The van der Waals surface area contributed by atoms with Crippen LogP contribution in [0, 0.1) is 0 Å². The number of ether oxygens (including phenoxy) is 2. The van der Waals surface area contributed by atoms with Crippen LogP contribution in [-0.2, 0) is 6.54 Å². The van der Waals surface area contributed by atoms with Gasteiger partial charge in [-0.05, 0) is 35.9 Å². The molecule has 0 spiro atoms. The van der Waals surface area contributed by atoms with Crippen molar-refractivity contribution in [3.05, 3.63) is 52.0 Å². The number of hydrogen-bond donors (Lipinski definition) is 2. The van der Waals surface area contributed by atoms with Crippen molar-refractivity contribution in [3.8, 4) is 11.5 Å². The number of carbonyl (C=O) groups excluding carboxylic acids is 1. The fraction of sp³-hybridized carbons (Fsp3) is 0.188. The predicted molar refractivity (Wildman–Crippen MR) is 91.9 cm³/mol. The van der Waals surface area contributed by atoms with Crippen molar-refractivity contribution in [2.24, 2.45) is 0 Å². The van der Waals surface area contributed by atoms with E-state index in [1.165, 1.54) is 0 Å². The van der Waals surface area contributed by atoms with Crippen LogP contribution >= 0.6 is 23.2 Å². The Labute approximate surface area is 144 Å². The maximum absolute atomic E-state index is 11.9. The number of rotatable bonds is 5. The van der Waals surface area contributed by atoms with Crippen molar-refractivity contribution >= 4 is 34.9 Å². The minimum atomic E-state index is -0.356. The molecule has 0 saturated carbocycles. The summed E-state index contributed by atoms with van der Waals surface area (Å²) in [4.78, 5) is 11.9. The summed E-state index contributed by atoms with van der Waals surface area (Å²) in [6, 6.07) is 9.92. The van der Waals surface area contributed by atoms with Gasteiger partial charge in [-0.25, -0.2) is 4.79 Å². The van der Waals surface area contributed by atoms with Crippen LogP contribution in [0.3, 0.4) is 0 Å². The van der Waals surface area contributed by atoms with Crippen LogP contribution in [0.4, 0.5) is 10.5 Å². The highest BCUT2D eigenvalue weighted by Gasteiger charge is 2.06. The van der Waals surface area contributed by atoms with E-state index >= 15 is 0 Å². The number of carbonyl (C=O) groups is 1. The molecule has 2 N–H and O–H groups in total. The van der Waals surface area contributed by atoms with Crippen molar-refractivity contribution in [1.82, 2.24) is 5.32 Å². The lowest BCUT2D eigenvalue weighted by atomic mass is 10.2. The molecule has 0 atom stereocenters. The number of benzene rings is 2. The minimum Gasteiger partial charge on any atom is -0.497 e. The molecule has 0 saturated heterocycles. The van der Waals surface area contributed by atoms with Gasteiger partial charge in [-0.2, -0.15) is 0 Å². The van der Waals surface area contributed by atoms with Gasteiger partial charge in [0.05, 0.1) is 24.3 Å². The second-order valence-electron chi connectivity index (χ2n) is 4.66. The molecule has 2 amide bonds. The molecule has 23 heavy (non-hydrogen) atoms. The fourth-order valence-corrected chi connectivity index (χ4v) is 2.20. The third-order valence-corrected chi connectivity index (χ3v) is 3.78. The highest BCUT2D eigenvalue weighted by molar-refractivity contribution is 6.42. The third-order valence-electron chi connectivity index (χ3n) is 3.04. The normalized spacial score (nSPS) is 10.1. The van der Waals surface area contributed by atoms with E-state index in [9.17, 15) is 4.79 Å². The zero-order valence-corrected chi connectivity index (χ0v) is 14.2. The quantitative estimate of drug-likeness (QED) is 0.839. The molecular weight excluding hydrogens is 339 g/mol. The van der Waals surface area contributed by atoms with Gasteiger partial charge < -0.3 is 20.1 Å². The molecule has 122 valence electrons. The summed E-state index contributed by atoms with van der Waals surface area (Å²) in [6.45, 7) is 0.320. The number of methoxy groups -OCH3 is 2. The summed E-state index contributed by atoms with van der Waals surface area (Å²) >= 11 is 11.7. The van der Waals surface area contributed by atoms with Crippen LogP contribution < -0.4 is 20.1 Å². The van der Waals surface area contributed by atoms with Crippen LogP contribution in [-0.4, -0.2) is 20.3 Å². The largest absolute Gasteiger partial charge is 0.497 e. The first kappa shape index (κ1) is 17.2. The van der Waals surface area contributed by atoms with Gasteiger partial charge in [0.25, 0.3) is 0 Å². The number of amides is 2. The highest BCUT2D eigenvalue weighted by atomic mass is 35.5. The SMILES string of the molecule is COc1cc(CNC(=O)Nc2ccc(Cl)c(Cl)c2)cc(OC)c1. The van der Waals surface area contributed by atoms with E-state index in [2.05, 4.69) is 10.6 Å². The monoisotopic (exact) mass is 354 g/mol. The Balaban J connectivity index is 1.97. The Morgan fingerprint density at radius 3 is 2.22 bits per heavy atom. The number of anilines is 1. The molecule has 0 fully saturated rings. The zero-order valence-electron chi connectivity index (χ0n) is 12.7. The molecule has 0 aliphatic carbocycles. The molecule has 0 heterocycles. The average molecular weight is 355 g/mol.